The number of anilines is 1. The van der Waals surface area contributed by atoms with Gasteiger partial charge in [0.1, 0.15) is 18.5 Å². The summed E-state index contributed by atoms with van der Waals surface area (Å²) in [5.74, 6) is -1.03. The van der Waals surface area contributed by atoms with Gasteiger partial charge in [0.15, 0.2) is 0 Å². The Kier molecular flexibility index (Phi) is 4.04. The quantitative estimate of drug-likeness (QED) is 0.849. The van der Waals surface area contributed by atoms with E-state index in [0.29, 0.717) is 10.6 Å². The number of carbonyl (C=O) groups is 1. The normalized spacial score (nSPS) is 17.4. The molecule has 0 saturated heterocycles. The van der Waals surface area contributed by atoms with Crippen LogP contribution in [0.2, 0.25) is 5.02 Å². The molecule has 24 heavy (non-hydrogen) atoms. The molecule has 2 aromatic carbocycles. The van der Waals surface area contributed by atoms with Crippen LogP contribution in [0.15, 0.2) is 42.5 Å². The number of halogens is 4. The number of phenolic OH excluding ortho intramolecular Hbond substituents is 1. The summed E-state index contributed by atoms with van der Waals surface area (Å²) < 4.78 is 38.8. The minimum atomic E-state index is -4.59. The molecular weight excluding hydrogens is 345 g/mol. The van der Waals surface area contributed by atoms with E-state index in [9.17, 15) is 23.1 Å². The topological polar surface area (TPSA) is 52.6 Å². The zero-order chi connectivity index (χ0) is 17.5. The maximum absolute atomic E-state index is 12.9. The summed E-state index contributed by atoms with van der Waals surface area (Å²) in [5.41, 5.74) is 0.624. The molecule has 0 bridgehead atoms. The van der Waals surface area contributed by atoms with Crippen molar-refractivity contribution < 1.29 is 23.1 Å². The van der Waals surface area contributed by atoms with Gasteiger partial charge < -0.3 is 15.3 Å². The van der Waals surface area contributed by atoms with Crippen LogP contribution in [0.5, 0.6) is 5.75 Å². The Labute approximate surface area is 140 Å². The molecule has 0 saturated carbocycles. The summed E-state index contributed by atoms with van der Waals surface area (Å²) in [6.45, 7) is -1.45. The van der Waals surface area contributed by atoms with Crippen LogP contribution in [-0.2, 0) is 0 Å². The summed E-state index contributed by atoms with van der Waals surface area (Å²) in [6.07, 6.45) is -5.77. The van der Waals surface area contributed by atoms with Crippen LogP contribution in [0.25, 0.3) is 0 Å². The lowest BCUT2D eigenvalue weighted by Crippen LogP contribution is -2.47. The van der Waals surface area contributed by atoms with Crippen molar-refractivity contribution in [1.29, 1.82) is 0 Å². The predicted molar refractivity (Wildman–Crippen MR) is 83.0 cm³/mol. The molecule has 2 aromatic rings. The number of alkyl halides is 3. The van der Waals surface area contributed by atoms with Crippen LogP contribution in [0.1, 0.15) is 22.1 Å². The summed E-state index contributed by atoms with van der Waals surface area (Å²) in [7, 11) is 0. The monoisotopic (exact) mass is 356 g/mol. The van der Waals surface area contributed by atoms with Crippen LogP contribution in [0.4, 0.5) is 18.9 Å². The molecule has 1 aliphatic heterocycles. The largest absolute Gasteiger partial charge is 0.508 e. The van der Waals surface area contributed by atoms with Crippen molar-refractivity contribution in [3.63, 3.8) is 0 Å². The van der Waals surface area contributed by atoms with Crippen LogP contribution in [-0.4, -0.2) is 28.6 Å². The van der Waals surface area contributed by atoms with E-state index in [4.69, 9.17) is 11.6 Å². The number of fused-ring (bicyclic) bond motifs is 1. The third kappa shape index (κ3) is 3.12. The first-order valence-corrected chi connectivity index (χ1v) is 7.36. The second kappa shape index (κ2) is 5.90. The molecule has 126 valence electrons. The minimum Gasteiger partial charge on any atom is -0.508 e. The molecule has 3 rings (SSSR count). The Balaban J connectivity index is 2.11. The Morgan fingerprint density at radius 1 is 1.21 bits per heavy atom. The lowest BCUT2D eigenvalue weighted by molar-refractivity contribution is -0.144. The van der Waals surface area contributed by atoms with E-state index in [2.05, 4.69) is 5.32 Å². The van der Waals surface area contributed by atoms with Gasteiger partial charge in [-0.05, 0) is 30.3 Å². The number of amides is 1. The number of aromatic hydroxyl groups is 1. The van der Waals surface area contributed by atoms with Gasteiger partial charge in [0.2, 0.25) is 0 Å². The van der Waals surface area contributed by atoms with Gasteiger partial charge in [0.25, 0.3) is 5.91 Å². The molecule has 1 heterocycles. The number of nitrogens with zero attached hydrogens (tertiary/aromatic N) is 1. The summed E-state index contributed by atoms with van der Waals surface area (Å²) >= 11 is 5.89. The second-order valence-corrected chi connectivity index (χ2v) is 5.78. The van der Waals surface area contributed by atoms with Crippen molar-refractivity contribution in [2.24, 2.45) is 0 Å². The molecular formula is C16H12ClF3N2O2. The molecule has 0 aliphatic carbocycles. The zero-order valence-electron chi connectivity index (χ0n) is 12.1. The first kappa shape index (κ1) is 16.4. The molecule has 0 unspecified atom stereocenters. The van der Waals surface area contributed by atoms with Crippen LogP contribution < -0.4 is 5.32 Å². The molecule has 1 atom stereocenters. The Morgan fingerprint density at radius 3 is 2.62 bits per heavy atom. The van der Waals surface area contributed by atoms with Gasteiger partial charge in [-0.3, -0.25) is 4.79 Å². The number of carbonyl (C=O) groups excluding carboxylic acids is 1. The van der Waals surface area contributed by atoms with Gasteiger partial charge in [0, 0.05) is 16.3 Å². The highest BCUT2D eigenvalue weighted by molar-refractivity contribution is 6.30. The fourth-order valence-electron chi connectivity index (χ4n) is 2.64. The van der Waals surface area contributed by atoms with E-state index in [-0.39, 0.29) is 21.9 Å². The van der Waals surface area contributed by atoms with Crippen molar-refractivity contribution in [2.45, 2.75) is 12.3 Å². The van der Waals surface area contributed by atoms with Crippen molar-refractivity contribution in [1.82, 2.24) is 4.90 Å². The van der Waals surface area contributed by atoms with E-state index in [1.165, 1.54) is 24.3 Å². The second-order valence-electron chi connectivity index (χ2n) is 5.34. The highest BCUT2D eigenvalue weighted by Crippen LogP contribution is 2.38. The lowest BCUT2D eigenvalue weighted by atomic mass is 10.0. The van der Waals surface area contributed by atoms with Crippen molar-refractivity contribution in [3.8, 4) is 5.75 Å². The van der Waals surface area contributed by atoms with Crippen molar-refractivity contribution >= 4 is 23.2 Å². The molecule has 8 heteroatoms. The molecule has 0 aromatic heterocycles. The third-order valence-electron chi connectivity index (χ3n) is 3.66. The molecule has 0 radical (unpaired) electrons. The molecule has 0 spiro atoms. The number of rotatable bonds is 2. The molecule has 2 N–H and O–H groups in total. The van der Waals surface area contributed by atoms with E-state index in [0.717, 1.165) is 0 Å². The van der Waals surface area contributed by atoms with Gasteiger partial charge in [-0.15, -0.1) is 0 Å². The van der Waals surface area contributed by atoms with Gasteiger partial charge in [-0.1, -0.05) is 23.7 Å². The molecule has 1 amide bonds. The van der Waals surface area contributed by atoms with Gasteiger partial charge in [-0.25, -0.2) is 0 Å². The van der Waals surface area contributed by atoms with Gasteiger partial charge in [-0.2, -0.15) is 13.2 Å². The van der Waals surface area contributed by atoms with Gasteiger partial charge in [0.05, 0.1) is 5.56 Å². The maximum atomic E-state index is 12.9. The highest BCUT2D eigenvalue weighted by Gasteiger charge is 2.41. The van der Waals surface area contributed by atoms with E-state index < -0.39 is 24.8 Å². The lowest BCUT2D eigenvalue weighted by Gasteiger charge is -2.38. The molecule has 1 aliphatic rings. The number of hydrogen-bond acceptors (Lipinski definition) is 3. The summed E-state index contributed by atoms with van der Waals surface area (Å²) in [6, 6.07) is 10.3. The molecule has 4 nitrogen and oxygen atoms in total. The van der Waals surface area contributed by atoms with Crippen LogP contribution >= 0.6 is 11.6 Å². The fourth-order valence-corrected chi connectivity index (χ4v) is 2.82. The van der Waals surface area contributed by atoms with Crippen LogP contribution in [0.3, 0.4) is 0 Å². The Bertz CT molecular complexity index is 795. The standard InChI is InChI=1S/C16H12ClF3N2O2/c17-9-5-6-13(23)11(7-9)14-21-12-4-2-1-3-10(12)15(24)22(14)8-16(18,19)20/h1-7,14,21,23H,8H2/t14-/m0/s1. The fraction of sp³-hybridized carbons (Fsp3) is 0.188. The maximum Gasteiger partial charge on any atom is 0.406 e. The molecule has 0 fully saturated rings. The Hall–Kier alpha value is -2.41. The number of benzene rings is 2. The average Bonchev–Trinajstić information content (AvgIpc) is 2.51. The number of phenols is 1. The summed E-state index contributed by atoms with van der Waals surface area (Å²) in [4.78, 5) is 13.2. The van der Waals surface area contributed by atoms with E-state index >= 15 is 0 Å². The third-order valence-corrected chi connectivity index (χ3v) is 3.89. The smallest absolute Gasteiger partial charge is 0.406 e. The first-order valence-electron chi connectivity index (χ1n) is 6.98. The zero-order valence-corrected chi connectivity index (χ0v) is 12.9. The van der Waals surface area contributed by atoms with Gasteiger partial charge >= 0.3 is 6.18 Å². The van der Waals surface area contributed by atoms with E-state index in [1.807, 2.05) is 0 Å². The average molecular weight is 357 g/mol. The minimum absolute atomic E-state index is 0.0922. The van der Waals surface area contributed by atoms with Crippen LogP contribution in [0, 0.1) is 0 Å². The van der Waals surface area contributed by atoms with Crippen molar-refractivity contribution in [2.75, 3.05) is 11.9 Å². The number of para-hydroxylation sites is 1. The number of nitrogens with one attached hydrogen (secondary N) is 1. The highest BCUT2D eigenvalue weighted by atomic mass is 35.5. The SMILES string of the molecule is O=C1c2ccccc2N[C@H](c2cc(Cl)ccc2O)N1CC(F)(F)F. The van der Waals surface area contributed by atoms with Crippen molar-refractivity contribution in [3.05, 3.63) is 58.6 Å². The predicted octanol–water partition coefficient (Wildman–Crippen LogP) is 4.17. The van der Waals surface area contributed by atoms with E-state index in [1.54, 1.807) is 18.2 Å². The summed E-state index contributed by atoms with van der Waals surface area (Å²) in [5, 5.41) is 13.1. The first-order chi connectivity index (χ1) is 11.3. The Morgan fingerprint density at radius 2 is 1.92 bits per heavy atom. The number of hydrogen-bond donors (Lipinski definition) is 2.